The zero-order valence-corrected chi connectivity index (χ0v) is 10.3. The van der Waals surface area contributed by atoms with Gasteiger partial charge in [-0.3, -0.25) is 4.79 Å². The van der Waals surface area contributed by atoms with Crippen molar-refractivity contribution in [1.82, 2.24) is 4.90 Å². The van der Waals surface area contributed by atoms with Crippen molar-refractivity contribution in [2.75, 3.05) is 6.54 Å². The van der Waals surface area contributed by atoms with E-state index in [1.807, 2.05) is 0 Å². The van der Waals surface area contributed by atoms with Gasteiger partial charge in [-0.05, 0) is 24.5 Å². The highest BCUT2D eigenvalue weighted by molar-refractivity contribution is 5.97. The van der Waals surface area contributed by atoms with Gasteiger partial charge in [0.25, 0.3) is 5.91 Å². The summed E-state index contributed by atoms with van der Waals surface area (Å²) in [6.07, 6.45) is 0.547. The summed E-state index contributed by atoms with van der Waals surface area (Å²) >= 11 is 0. The number of hydrogen-bond donors (Lipinski definition) is 1. The molecule has 1 aliphatic heterocycles. The monoisotopic (exact) mass is 269 g/mol. The topological polar surface area (TPSA) is 57.6 Å². The van der Waals surface area contributed by atoms with E-state index in [4.69, 9.17) is 5.11 Å². The number of aliphatic carboxylic acids is 1. The summed E-state index contributed by atoms with van der Waals surface area (Å²) in [5, 5.41) is 9.12. The van der Waals surface area contributed by atoms with Crippen molar-refractivity contribution in [3.8, 4) is 0 Å². The van der Waals surface area contributed by atoms with E-state index in [1.54, 1.807) is 6.92 Å². The molecule has 1 fully saturated rings. The number of nitrogens with zero attached hydrogens (tertiary/aromatic N) is 1. The van der Waals surface area contributed by atoms with Gasteiger partial charge < -0.3 is 10.0 Å². The Kier molecular flexibility index (Phi) is 3.50. The van der Waals surface area contributed by atoms with Crippen LogP contribution in [0.25, 0.3) is 0 Å². The lowest BCUT2D eigenvalue weighted by molar-refractivity contribution is -0.142. The van der Waals surface area contributed by atoms with E-state index in [-0.39, 0.29) is 18.0 Å². The smallest absolute Gasteiger partial charge is 0.326 e. The quantitative estimate of drug-likeness (QED) is 0.892. The van der Waals surface area contributed by atoms with Gasteiger partial charge in [-0.2, -0.15) is 0 Å². The lowest BCUT2D eigenvalue weighted by atomic mass is 10.0. The number of rotatable bonds is 2. The van der Waals surface area contributed by atoms with Crippen molar-refractivity contribution >= 4 is 11.9 Å². The number of carboxylic acids is 1. The van der Waals surface area contributed by atoms with Gasteiger partial charge in [0.05, 0.1) is 5.56 Å². The minimum atomic E-state index is -1.11. The number of halogens is 2. The summed E-state index contributed by atoms with van der Waals surface area (Å²) in [5.74, 6) is -3.77. The van der Waals surface area contributed by atoms with E-state index in [0.717, 1.165) is 17.0 Å². The first kappa shape index (κ1) is 13.5. The zero-order valence-electron chi connectivity index (χ0n) is 10.3. The minimum Gasteiger partial charge on any atom is -0.480 e. The number of carbonyl (C=O) groups is 2. The van der Waals surface area contributed by atoms with Crippen molar-refractivity contribution in [3.05, 3.63) is 35.4 Å². The average Bonchev–Trinajstić information content (AvgIpc) is 2.70. The summed E-state index contributed by atoms with van der Waals surface area (Å²) in [7, 11) is 0. The summed E-state index contributed by atoms with van der Waals surface area (Å²) in [4.78, 5) is 24.4. The van der Waals surface area contributed by atoms with Crippen LogP contribution in [0, 0.1) is 17.6 Å². The lowest BCUT2D eigenvalue weighted by Gasteiger charge is -2.23. The molecule has 0 aromatic heterocycles. The fraction of sp³-hybridized carbons (Fsp3) is 0.385. The van der Waals surface area contributed by atoms with Crippen molar-refractivity contribution in [2.24, 2.45) is 5.92 Å². The zero-order chi connectivity index (χ0) is 14.2. The SMILES string of the molecule is CC1CCN(C(=O)c2ccc(F)cc2F)C1C(=O)O. The summed E-state index contributed by atoms with van der Waals surface area (Å²) in [6, 6.07) is 1.67. The third-order valence-corrected chi connectivity index (χ3v) is 3.38. The number of carboxylic acid groups (broad SMARTS) is 1. The van der Waals surface area contributed by atoms with Gasteiger partial charge in [-0.15, -0.1) is 0 Å². The van der Waals surface area contributed by atoms with Crippen molar-refractivity contribution in [3.63, 3.8) is 0 Å². The maximum Gasteiger partial charge on any atom is 0.326 e. The fourth-order valence-corrected chi connectivity index (χ4v) is 2.37. The maximum absolute atomic E-state index is 13.5. The number of hydrogen-bond acceptors (Lipinski definition) is 2. The second kappa shape index (κ2) is 4.95. The Balaban J connectivity index is 2.31. The van der Waals surface area contributed by atoms with Gasteiger partial charge in [-0.25, -0.2) is 13.6 Å². The molecular weight excluding hydrogens is 256 g/mol. The largest absolute Gasteiger partial charge is 0.480 e. The van der Waals surface area contributed by atoms with Crippen molar-refractivity contribution in [2.45, 2.75) is 19.4 Å². The van der Waals surface area contributed by atoms with E-state index in [1.165, 1.54) is 0 Å². The second-order valence-electron chi connectivity index (χ2n) is 4.67. The molecule has 2 unspecified atom stereocenters. The molecule has 0 bridgehead atoms. The molecule has 1 aromatic rings. The molecule has 102 valence electrons. The minimum absolute atomic E-state index is 0.190. The molecule has 0 radical (unpaired) electrons. The van der Waals surface area contributed by atoms with Gasteiger partial charge in [0.1, 0.15) is 17.7 Å². The maximum atomic E-state index is 13.5. The van der Waals surface area contributed by atoms with Crippen LogP contribution in [-0.2, 0) is 4.79 Å². The van der Waals surface area contributed by atoms with Crippen LogP contribution in [0.5, 0.6) is 0 Å². The lowest BCUT2D eigenvalue weighted by Crippen LogP contribution is -2.43. The predicted octanol–water partition coefficient (Wildman–Crippen LogP) is 1.90. The molecule has 1 amide bonds. The molecule has 0 spiro atoms. The molecule has 1 heterocycles. The van der Waals surface area contributed by atoms with E-state index in [0.29, 0.717) is 12.5 Å². The highest BCUT2D eigenvalue weighted by atomic mass is 19.1. The molecule has 1 aliphatic rings. The van der Waals surface area contributed by atoms with E-state index in [2.05, 4.69) is 0 Å². The third kappa shape index (κ3) is 2.43. The summed E-state index contributed by atoms with van der Waals surface area (Å²) in [5.41, 5.74) is -0.304. The number of amides is 1. The van der Waals surface area contributed by atoms with Crippen LogP contribution < -0.4 is 0 Å². The Labute approximate surface area is 108 Å². The van der Waals surface area contributed by atoms with Crippen LogP contribution >= 0.6 is 0 Å². The van der Waals surface area contributed by atoms with E-state index in [9.17, 15) is 18.4 Å². The van der Waals surface area contributed by atoms with Gasteiger partial charge in [0.2, 0.25) is 0 Å². The van der Waals surface area contributed by atoms with Crippen molar-refractivity contribution in [1.29, 1.82) is 0 Å². The van der Waals surface area contributed by atoms with Crippen LogP contribution in [0.4, 0.5) is 8.78 Å². The van der Waals surface area contributed by atoms with Crippen LogP contribution in [0.3, 0.4) is 0 Å². The summed E-state index contributed by atoms with van der Waals surface area (Å²) in [6.45, 7) is 1.99. The van der Waals surface area contributed by atoms with Crippen LogP contribution in [0.2, 0.25) is 0 Å². The number of carbonyl (C=O) groups excluding carboxylic acids is 1. The van der Waals surface area contributed by atoms with Crippen molar-refractivity contribution < 1.29 is 23.5 Å². The molecule has 4 nitrogen and oxygen atoms in total. The molecule has 1 N–H and O–H groups in total. The van der Waals surface area contributed by atoms with Gasteiger partial charge in [0.15, 0.2) is 0 Å². The average molecular weight is 269 g/mol. The Hall–Kier alpha value is -1.98. The molecular formula is C13H13F2NO3. The molecule has 0 saturated carbocycles. The van der Waals surface area contributed by atoms with Gasteiger partial charge >= 0.3 is 5.97 Å². The molecule has 2 rings (SSSR count). The van der Waals surface area contributed by atoms with E-state index >= 15 is 0 Å². The third-order valence-electron chi connectivity index (χ3n) is 3.38. The molecule has 2 atom stereocenters. The van der Waals surface area contributed by atoms with E-state index < -0.39 is 29.6 Å². The molecule has 0 aliphatic carbocycles. The highest BCUT2D eigenvalue weighted by Gasteiger charge is 2.40. The van der Waals surface area contributed by atoms with Gasteiger partial charge in [-0.1, -0.05) is 6.92 Å². The normalized spacial score (nSPS) is 22.6. The first-order valence-electron chi connectivity index (χ1n) is 5.90. The van der Waals surface area contributed by atoms with Crippen LogP contribution in [0.1, 0.15) is 23.7 Å². The standard InChI is InChI=1S/C13H13F2NO3/c1-7-4-5-16(11(7)13(18)19)12(17)9-3-2-8(14)6-10(9)15/h2-3,6-7,11H,4-5H2,1H3,(H,18,19). The second-order valence-corrected chi connectivity index (χ2v) is 4.67. The molecule has 1 saturated heterocycles. The van der Waals surface area contributed by atoms with Crippen LogP contribution in [-0.4, -0.2) is 34.5 Å². The molecule has 19 heavy (non-hydrogen) atoms. The fourth-order valence-electron chi connectivity index (χ4n) is 2.37. The molecule has 1 aromatic carbocycles. The van der Waals surface area contributed by atoms with Crippen LogP contribution in [0.15, 0.2) is 18.2 Å². The Bertz CT molecular complexity index is 533. The summed E-state index contributed by atoms with van der Waals surface area (Å²) < 4.78 is 26.3. The Morgan fingerprint density at radius 1 is 1.37 bits per heavy atom. The number of likely N-dealkylation sites (tertiary alicyclic amines) is 1. The predicted molar refractivity (Wildman–Crippen MR) is 62.6 cm³/mol. The van der Waals surface area contributed by atoms with Gasteiger partial charge in [0, 0.05) is 12.6 Å². The number of benzene rings is 1. The Morgan fingerprint density at radius 3 is 2.63 bits per heavy atom. The first-order chi connectivity index (χ1) is 8.91. The molecule has 6 heteroatoms. The first-order valence-corrected chi connectivity index (χ1v) is 5.90. The highest BCUT2D eigenvalue weighted by Crippen LogP contribution is 2.26. The Morgan fingerprint density at radius 2 is 2.05 bits per heavy atom.